The van der Waals surface area contributed by atoms with E-state index in [4.69, 9.17) is 0 Å². The first-order valence-corrected chi connectivity index (χ1v) is 8.08. The van der Waals surface area contributed by atoms with Crippen LogP contribution in [0, 0.1) is 11.8 Å². The molecule has 1 N–H and O–H groups in total. The van der Waals surface area contributed by atoms with E-state index in [1.54, 1.807) is 0 Å². The maximum absolute atomic E-state index is 3.77. The normalized spacial score (nSPS) is 32.2. The van der Waals surface area contributed by atoms with E-state index < -0.39 is 0 Å². The molecule has 1 heterocycles. The van der Waals surface area contributed by atoms with Gasteiger partial charge in [0.25, 0.3) is 0 Å². The Balaban J connectivity index is 1.88. The maximum atomic E-state index is 3.77. The molecule has 1 saturated carbocycles. The van der Waals surface area contributed by atoms with E-state index in [-0.39, 0.29) is 0 Å². The lowest BCUT2D eigenvalue weighted by Gasteiger charge is -2.42. The third kappa shape index (κ3) is 3.14. The molecular weight excluding hydrogens is 216 g/mol. The molecule has 0 bridgehead atoms. The van der Waals surface area contributed by atoms with Crippen molar-refractivity contribution >= 4 is 11.8 Å². The first kappa shape index (κ1) is 12.7. The van der Waals surface area contributed by atoms with Crippen molar-refractivity contribution < 1.29 is 0 Å². The van der Waals surface area contributed by atoms with E-state index in [0.29, 0.717) is 0 Å². The Morgan fingerprint density at radius 1 is 1.38 bits per heavy atom. The Bertz CT molecular complexity index is 216. The van der Waals surface area contributed by atoms with Crippen molar-refractivity contribution in [3.05, 3.63) is 0 Å². The fourth-order valence-corrected chi connectivity index (χ4v) is 3.21. The zero-order chi connectivity index (χ0) is 11.5. The number of rotatable bonds is 5. The highest BCUT2D eigenvalue weighted by Gasteiger charge is 2.37. The zero-order valence-electron chi connectivity index (χ0n) is 10.9. The Hall–Kier alpha value is 0.270. The molecule has 94 valence electrons. The second-order valence-electron chi connectivity index (χ2n) is 5.65. The first-order chi connectivity index (χ1) is 7.72. The van der Waals surface area contributed by atoms with Crippen LogP contribution in [0.5, 0.6) is 0 Å². The monoisotopic (exact) mass is 242 g/mol. The highest BCUT2D eigenvalue weighted by Crippen LogP contribution is 2.34. The van der Waals surface area contributed by atoms with Crippen LogP contribution in [0.25, 0.3) is 0 Å². The molecule has 2 rings (SSSR count). The summed E-state index contributed by atoms with van der Waals surface area (Å²) >= 11 is 1.97. The molecule has 0 aromatic carbocycles. The molecular formula is C13H26N2S. The average Bonchev–Trinajstić information content (AvgIpc) is 3.09. The van der Waals surface area contributed by atoms with Crippen molar-refractivity contribution in [3.63, 3.8) is 0 Å². The standard InChI is InChI=1S/C13H26N2S/c1-10(2)13-8-14-12(11-4-5-11)9-15(13)6-7-16-3/h10-14H,4-9H2,1-3H3. The number of nitrogens with zero attached hydrogens (tertiary/aromatic N) is 1. The number of piperazine rings is 1. The minimum atomic E-state index is 0.752. The van der Waals surface area contributed by atoms with Gasteiger partial charge in [-0.15, -0.1) is 0 Å². The Labute approximate surface area is 105 Å². The van der Waals surface area contributed by atoms with E-state index in [2.05, 4.69) is 30.3 Å². The second kappa shape index (κ2) is 5.74. The van der Waals surface area contributed by atoms with E-state index in [1.807, 2.05) is 11.8 Å². The summed E-state index contributed by atoms with van der Waals surface area (Å²) in [5.41, 5.74) is 0. The highest BCUT2D eigenvalue weighted by molar-refractivity contribution is 7.98. The number of nitrogens with one attached hydrogen (secondary N) is 1. The Kier molecular flexibility index (Phi) is 4.57. The predicted molar refractivity (Wildman–Crippen MR) is 73.1 cm³/mol. The van der Waals surface area contributed by atoms with E-state index in [9.17, 15) is 0 Å². The summed E-state index contributed by atoms with van der Waals surface area (Å²) < 4.78 is 0. The van der Waals surface area contributed by atoms with Crippen LogP contribution in [0.1, 0.15) is 26.7 Å². The van der Waals surface area contributed by atoms with Gasteiger partial charge < -0.3 is 5.32 Å². The number of hydrogen-bond acceptors (Lipinski definition) is 3. The average molecular weight is 242 g/mol. The SMILES string of the molecule is CSCCN1CC(C2CC2)NCC1C(C)C. The zero-order valence-corrected chi connectivity index (χ0v) is 11.7. The van der Waals surface area contributed by atoms with Crippen molar-refractivity contribution in [1.29, 1.82) is 0 Å². The molecule has 2 fully saturated rings. The molecule has 0 spiro atoms. The summed E-state index contributed by atoms with van der Waals surface area (Å²) in [6, 6.07) is 1.54. The largest absolute Gasteiger partial charge is 0.311 e. The van der Waals surface area contributed by atoms with Gasteiger partial charge in [-0.25, -0.2) is 0 Å². The Morgan fingerprint density at radius 3 is 2.69 bits per heavy atom. The molecule has 2 atom stereocenters. The van der Waals surface area contributed by atoms with Gasteiger partial charge in [-0.1, -0.05) is 13.8 Å². The van der Waals surface area contributed by atoms with Gasteiger partial charge >= 0.3 is 0 Å². The quantitative estimate of drug-likeness (QED) is 0.794. The number of hydrogen-bond donors (Lipinski definition) is 1. The molecule has 2 aliphatic rings. The predicted octanol–water partition coefficient (Wildman–Crippen LogP) is 2.06. The minimum Gasteiger partial charge on any atom is -0.311 e. The van der Waals surface area contributed by atoms with Crippen molar-refractivity contribution in [3.8, 4) is 0 Å². The molecule has 0 amide bonds. The lowest BCUT2D eigenvalue weighted by molar-refractivity contribution is 0.0993. The fourth-order valence-electron chi connectivity index (χ4n) is 2.79. The van der Waals surface area contributed by atoms with Gasteiger partial charge in [0.05, 0.1) is 0 Å². The van der Waals surface area contributed by atoms with Gasteiger partial charge in [0, 0.05) is 37.5 Å². The lowest BCUT2D eigenvalue weighted by atomic mass is 9.97. The van der Waals surface area contributed by atoms with Gasteiger partial charge in [0.2, 0.25) is 0 Å². The van der Waals surface area contributed by atoms with Crippen molar-refractivity contribution in [2.45, 2.75) is 38.8 Å². The Morgan fingerprint density at radius 2 is 2.12 bits per heavy atom. The fraction of sp³-hybridized carbons (Fsp3) is 1.00. The first-order valence-electron chi connectivity index (χ1n) is 6.68. The van der Waals surface area contributed by atoms with Gasteiger partial charge in [-0.05, 0) is 30.9 Å². The van der Waals surface area contributed by atoms with Crippen molar-refractivity contribution in [1.82, 2.24) is 10.2 Å². The molecule has 0 radical (unpaired) electrons. The molecule has 2 nitrogen and oxygen atoms in total. The summed E-state index contributed by atoms with van der Waals surface area (Å²) in [6.07, 6.45) is 5.13. The summed E-state index contributed by atoms with van der Waals surface area (Å²) in [4.78, 5) is 2.74. The van der Waals surface area contributed by atoms with Crippen LogP contribution in [-0.4, -0.2) is 48.6 Å². The second-order valence-corrected chi connectivity index (χ2v) is 6.64. The van der Waals surface area contributed by atoms with Crippen LogP contribution in [0.2, 0.25) is 0 Å². The summed E-state index contributed by atoms with van der Waals surface area (Å²) in [6.45, 7) is 8.47. The van der Waals surface area contributed by atoms with Gasteiger partial charge in [0.15, 0.2) is 0 Å². The third-order valence-electron chi connectivity index (χ3n) is 4.03. The molecule has 0 aromatic rings. The third-order valence-corrected chi connectivity index (χ3v) is 4.62. The van der Waals surface area contributed by atoms with Crippen LogP contribution >= 0.6 is 11.8 Å². The van der Waals surface area contributed by atoms with Crippen LogP contribution in [0.4, 0.5) is 0 Å². The molecule has 2 unspecified atom stereocenters. The van der Waals surface area contributed by atoms with Gasteiger partial charge in [0.1, 0.15) is 0 Å². The van der Waals surface area contributed by atoms with Crippen molar-refractivity contribution in [2.75, 3.05) is 31.6 Å². The molecule has 1 aliphatic heterocycles. The molecule has 1 saturated heterocycles. The molecule has 1 aliphatic carbocycles. The smallest absolute Gasteiger partial charge is 0.0244 e. The molecule has 0 aromatic heterocycles. The van der Waals surface area contributed by atoms with E-state index in [1.165, 1.54) is 38.2 Å². The summed E-state index contributed by atoms with van der Waals surface area (Å²) in [7, 11) is 0. The summed E-state index contributed by atoms with van der Waals surface area (Å²) in [5, 5.41) is 3.77. The molecule has 3 heteroatoms. The van der Waals surface area contributed by atoms with Crippen LogP contribution < -0.4 is 5.32 Å². The number of thioether (sulfide) groups is 1. The van der Waals surface area contributed by atoms with Crippen LogP contribution in [-0.2, 0) is 0 Å². The lowest BCUT2D eigenvalue weighted by Crippen LogP contribution is -2.59. The van der Waals surface area contributed by atoms with Crippen LogP contribution in [0.15, 0.2) is 0 Å². The molecule has 16 heavy (non-hydrogen) atoms. The maximum Gasteiger partial charge on any atom is 0.0244 e. The van der Waals surface area contributed by atoms with E-state index >= 15 is 0 Å². The van der Waals surface area contributed by atoms with Crippen LogP contribution in [0.3, 0.4) is 0 Å². The topological polar surface area (TPSA) is 15.3 Å². The van der Waals surface area contributed by atoms with Gasteiger partial charge in [-0.3, -0.25) is 4.90 Å². The minimum absolute atomic E-state index is 0.752. The van der Waals surface area contributed by atoms with Gasteiger partial charge in [-0.2, -0.15) is 11.8 Å². The van der Waals surface area contributed by atoms with Crippen molar-refractivity contribution in [2.24, 2.45) is 11.8 Å². The van der Waals surface area contributed by atoms with E-state index in [0.717, 1.165) is 23.9 Å². The summed E-state index contributed by atoms with van der Waals surface area (Å²) in [5.74, 6) is 3.04. The highest BCUT2D eigenvalue weighted by atomic mass is 32.2.